The Labute approximate surface area is 219 Å². The van der Waals surface area contributed by atoms with Crippen molar-refractivity contribution in [3.05, 3.63) is 104 Å². The second kappa shape index (κ2) is 9.29. The number of carbonyl (C=O) groups is 2. The third-order valence-corrected chi connectivity index (χ3v) is 7.51. The summed E-state index contributed by atoms with van der Waals surface area (Å²) < 4.78 is 0.889. The molecule has 35 heavy (non-hydrogen) atoms. The first-order valence-electron chi connectivity index (χ1n) is 11.3. The number of rotatable bonds is 3. The number of amides is 1. The number of nitrogens with zero attached hydrogens (tertiary/aromatic N) is 1. The molecule has 1 amide bonds. The van der Waals surface area contributed by atoms with Crippen molar-refractivity contribution in [2.75, 3.05) is 4.90 Å². The maximum atomic E-state index is 13.4. The van der Waals surface area contributed by atoms with Gasteiger partial charge in [0.05, 0.1) is 11.6 Å². The molecule has 0 spiro atoms. The molecule has 6 heteroatoms. The van der Waals surface area contributed by atoms with Crippen LogP contribution in [0.5, 0.6) is 0 Å². The molecule has 0 saturated carbocycles. The number of aliphatic hydroxyl groups is 1. The normalized spacial score (nSPS) is 17.8. The van der Waals surface area contributed by atoms with E-state index in [0.717, 1.165) is 26.7 Å². The van der Waals surface area contributed by atoms with Gasteiger partial charge in [0.2, 0.25) is 0 Å². The summed E-state index contributed by atoms with van der Waals surface area (Å²) in [5, 5.41) is 11.9. The van der Waals surface area contributed by atoms with Crippen molar-refractivity contribution in [1.82, 2.24) is 0 Å². The summed E-state index contributed by atoms with van der Waals surface area (Å²) in [7, 11) is 0. The molecular weight excluding hydrogens is 526 g/mol. The molecule has 0 bridgehead atoms. The lowest BCUT2D eigenvalue weighted by molar-refractivity contribution is -0.132. The van der Waals surface area contributed by atoms with E-state index in [-0.39, 0.29) is 16.7 Å². The molecule has 1 atom stereocenters. The molecule has 0 aliphatic carbocycles. The van der Waals surface area contributed by atoms with E-state index in [9.17, 15) is 14.7 Å². The van der Waals surface area contributed by atoms with Crippen molar-refractivity contribution < 1.29 is 14.7 Å². The lowest BCUT2D eigenvalue weighted by atomic mass is 9.85. The van der Waals surface area contributed by atoms with Crippen molar-refractivity contribution in [3.63, 3.8) is 0 Å². The van der Waals surface area contributed by atoms with Gasteiger partial charge in [0.15, 0.2) is 0 Å². The van der Waals surface area contributed by atoms with Crippen molar-refractivity contribution in [3.8, 4) is 0 Å². The van der Waals surface area contributed by atoms with Gasteiger partial charge >= 0.3 is 0 Å². The summed E-state index contributed by atoms with van der Waals surface area (Å²) >= 11 is 9.64. The van der Waals surface area contributed by atoms with E-state index >= 15 is 0 Å². The average Bonchev–Trinajstić information content (AvgIpc) is 3.05. The largest absolute Gasteiger partial charge is 0.507 e. The summed E-state index contributed by atoms with van der Waals surface area (Å²) in [5.74, 6) is -1.60. The second-order valence-corrected chi connectivity index (χ2v) is 11.2. The van der Waals surface area contributed by atoms with Gasteiger partial charge in [-0.05, 0) is 71.8 Å². The van der Waals surface area contributed by atoms with Crippen LogP contribution in [-0.2, 0) is 15.0 Å². The Hall–Kier alpha value is -2.89. The van der Waals surface area contributed by atoms with E-state index in [1.165, 1.54) is 4.90 Å². The Morgan fingerprint density at radius 2 is 1.60 bits per heavy atom. The van der Waals surface area contributed by atoms with Gasteiger partial charge in [-0.3, -0.25) is 14.5 Å². The highest BCUT2D eigenvalue weighted by Crippen LogP contribution is 2.44. The maximum absolute atomic E-state index is 13.4. The highest BCUT2D eigenvalue weighted by atomic mass is 79.9. The van der Waals surface area contributed by atoms with Crippen molar-refractivity contribution >= 4 is 50.7 Å². The summed E-state index contributed by atoms with van der Waals surface area (Å²) in [6.45, 7) is 10.1. The molecule has 1 unspecified atom stereocenters. The molecule has 4 nitrogen and oxygen atoms in total. The van der Waals surface area contributed by atoms with Crippen molar-refractivity contribution in [2.45, 2.75) is 46.1 Å². The SMILES string of the molecule is Cc1cc(/C(O)=C2\C(=O)C(=O)N(c3ccc(Cl)cc3C)C2c2ccc(C(C)(C)C)cc2)ccc1Br. The highest BCUT2D eigenvalue weighted by molar-refractivity contribution is 9.10. The van der Waals surface area contributed by atoms with Gasteiger partial charge in [0.25, 0.3) is 11.7 Å². The summed E-state index contributed by atoms with van der Waals surface area (Å²) in [4.78, 5) is 28.3. The van der Waals surface area contributed by atoms with Crippen LogP contribution in [0.2, 0.25) is 5.02 Å². The van der Waals surface area contributed by atoms with Crippen LogP contribution in [0.3, 0.4) is 0 Å². The van der Waals surface area contributed by atoms with Crippen molar-refractivity contribution in [1.29, 1.82) is 0 Å². The molecule has 1 aliphatic heterocycles. The van der Waals surface area contributed by atoms with Gasteiger partial charge in [-0.1, -0.05) is 78.6 Å². The van der Waals surface area contributed by atoms with E-state index in [2.05, 4.69) is 36.7 Å². The Balaban J connectivity index is 1.96. The fourth-order valence-electron chi connectivity index (χ4n) is 4.40. The van der Waals surface area contributed by atoms with Crippen LogP contribution in [0.1, 0.15) is 54.6 Å². The molecule has 1 N–H and O–H groups in total. The first-order valence-corrected chi connectivity index (χ1v) is 12.5. The van der Waals surface area contributed by atoms with Crippen LogP contribution in [0.4, 0.5) is 5.69 Å². The second-order valence-electron chi connectivity index (χ2n) is 9.94. The predicted molar refractivity (Wildman–Crippen MR) is 145 cm³/mol. The zero-order valence-electron chi connectivity index (χ0n) is 20.3. The highest BCUT2D eigenvalue weighted by Gasteiger charge is 2.47. The molecule has 1 saturated heterocycles. The summed E-state index contributed by atoms with van der Waals surface area (Å²) in [6, 6.07) is 17.6. The van der Waals surface area contributed by atoms with E-state index in [4.69, 9.17) is 11.6 Å². The monoisotopic (exact) mass is 551 g/mol. The number of anilines is 1. The molecule has 1 fully saturated rings. The molecule has 180 valence electrons. The number of Topliss-reactive ketones (excluding diaryl/α,β-unsaturated/α-hetero) is 1. The lowest BCUT2D eigenvalue weighted by Crippen LogP contribution is -2.30. The first kappa shape index (κ1) is 25.2. The quantitative estimate of drug-likeness (QED) is 0.206. The number of aliphatic hydroxyl groups excluding tert-OH is 1. The summed E-state index contributed by atoms with van der Waals surface area (Å²) in [5.41, 5.74) is 4.60. The Bertz CT molecular complexity index is 1370. The molecule has 3 aromatic carbocycles. The molecule has 4 rings (SSSR count). The molecule has 1 heterocycles. The molecule has 0 radical (unpaired) electrons. The van der Waals surface area contributed by atoms with Gasteiger partial charge in [0.1, 0.15) is 5.76 Å². The minimum absolute atomic E-state index is 0.0535. The maximum Gasteiger partial charge on any atom is 0.300 e. The van der Waals surface area contributed by atoms with Gasteiger partial charge in [-0.2, -0.15) is 0 Å². The number of hydrogen-bond donors (Lipinski definition) is 1. The number of aryl methyl sites for hydroxylation is 2. The van der Waals surface area contributed by atoms with Gasteiger partial charge in [0, 0.05) is 20.7 Å². The molecular formula is C29H27BrClNO3. The Morgan fingerprint density at radius 3 is 2.17 bits per heavy atom. The van der Waals surface area contributed by atoms with Crippen LogP contribution >= 0.6 is 27.5 Å². The lowest BCUT2D eigenvalue weighted by Gasteiger charge is -2.28. The molecule has 3 aromatic rings. The van der Waals surface area contributed by atoms with Crippen LogP contribution in [0.15, 0.2) is 70.7 Å². The van der Waals surface area contributed by atoms with Crippen LogP contribution in [-0.4, -0.2) is 16.8 Å². The number of hydrogen-bond acceptors (Lipinski definition) is 3. The first-order chi connectivity index (χ1) is 16.4. The zero-order chi connectivity index (χ0) is 25.7. The fourth-order valence-corrected chi connectivity index (χ4v) is 4.87. The van der Waals surface area contributed by atoms with Crippen LogP contribution in [0, 0.1) is 13.8 Å². The fraction of sp³-hybridized carbons (Fsp3) is 0.241. The van der Waals surface area contributed by atoms with Crippen molar-refractivity contribution in [2.24, 2.45) is 0 Å². The average molecular weight is 553 g/mol. The number of benzene rings is 3. The van der Waals surface area contributed by atoms with E-state index in [1.807, 2.05) is 44.2 Å². The van der Waals surface area contributed by atoms with Crippen LogP contribution in [0.25, 0.3) is 5.76 Å². The molecule has 1 aliphatic rings. The van der Waals surface area contributed by atoms with Crippen LogP contribution < -0.4 is 4.90 Å². The van der Waals surface area contributed by atoms with E-state index < -0.39 is 17.7 Å². The number of ketones is 1. The third kappa shape index (κ3) is 4.67. The number of carbonyl (C=O) groups excluding carboxylic acids is 2. The van der Waals surface area contributed by atoms with Gasteiger partial charge in [-0.25, -0.2) is 0 Å². The number of halogens is 2. The Kier molecular flexibility index (Phi) is 6.69. The summed E-state index contributed by atoms with van der Waals surface area (Å²) in [6.07, 6.45) is 0. The standard InChI is InChI=1S/C29H27BrClNO3/c1-16-14-19(8-12-22(16)30)26(33)24-25(18-6-9-20(10-7-18)29(3,4)5)32(28(35)27(24)34)23-13-11-21(31)15-17(23)2/h6-15,25,33H,1-5H3/b26-24+. The predicted octanol–water partition coefficient (Wildman–Crippen LogP) is 7.64. The Morgan fingerprint density at radius 1 is 0.943 bits per heavy atom. The van der Waals surface area contributed by atoms with Gasteiger partial charge < -0.3 is 5.11 Å². The minimum Gasteiger partial charge on any atom is -0.507 e. The topological polar surface area (TPSA) is 57.6 Å². The van der Waals surface area contributed by atoms with E-state index in [1.54, 1.807) is 30.3 Å². The zero-order valence-corrected chi connectivity index (χ0v) is 22.7. The molecule has 0 aromatic heterocycles. The van der Waals surface area contributed by atoms with E-state index in [0.29, 0.717) is 16.3 Å². The van der Waals surface area contributed by atoms with Gasteiger partial charge in [-0.15, -0.1) is 0 Å². The minimum atomic E-state index is -0.784. The third-order valence-electron chi connectivity index (χ3n) is 6.39. The smallest absolute Gasteiger partial charge is 0.300 e.